The van der Waals surface area contributed by atoms with E-state index in [1.165, 1.54) is 7.11 Å². The number of benzene rings is 2. The fourth-order valence-electron chi connectivity index (χ4n) is 2.10. The van der Waals surface area contributed by atoms with Crippen molar-refractivity contribution in [1.29, 1.82) is 0 Å². The summed E-state index contributed by atoms with van der Waals surface area (Å²) in [6.45, 7) is 0. The molecule has 3 rings (SSSR count). The third-order valence-corrected chi connectivity index (χ3v) is 3.18. The molecule has 2 aromatic carbocycles. The van der Waals surface area contributed by atoms with E-state index in [9.17, 15) is 13.6 Å². The summed E-state index contributed by atoms with van der Waals surface area (Å²) >= 11 is 0. The molecule has 7 heteroatoms. The molecule has 2 N–H and O–H groups in total. The summed E-state index contributed by atoms with van der Waals surface area (Å²) < 4.78 is 31.7. The topological polar surface area (TPSA) is 67.0 Å². The number of nitrogens with zero attached hydrogens (tertiary/aromatic N) is 1. The first-order valence-corrected chi connectivity index (χ1v) is 6.36. The van der Waals surface area contributed by atoms with Crippen molar-refractivity contribution < 1.29 is 18.3 Å². The highest BCUT2D eigenvalue weighted by atomic mass is 19.1. The lowest BCUT2D eigenvalue weighted by molar-refractivity contribution is 0.102. The summed E-state index contributed by atoms with van der Waals surface area (Å²) in [7, 11) is 1.45. The number of ether oxygens (including phenoxy) is 1. The van der Waals surface area contributed by atoms with E-state index in [0.717, 1.165) is 17.5 Å². The zero-order valence-corrected chi connectivity index (χ0v) is 11.5. The SMILES string of the molecule is COc1cc2n[nH]cc2cc1NC(=O)c1ccc(F)cc1F. The summed E-state index contributed by atoms with van der Waals surface area (Å²) in [4.78, 5) is 12.1. The average molecular weight is 303 g/mol. The lowest BCUT2D eigenvalue weighted by Crippen LogP contribution is -2.14. The number of aromatic nitrogens is 2. The Bertz CT molecular complexity index is 861. The van der Waals surface area contributed by atoms with Gasteiger partial charge in [-0.15, -0.1) is 0 Å². The van der Waals surface area contributed by atoms with Gasteiger partial charge in [0.2, 0.25) is 0 Å². The molecule has 0 aliphatic carbocycles. The minimum atomic E-state index is -0.930. The predicted molar refractivity (Wildman–Crippen MR) is 77.0 cm³/mol. The number of hydrogen-bond donors (Lipinski definition) is 2. The minimum Gasteiger partial charge on any atom is -0.494 e. The molecule has 1 heterocycles. The molecular weight excluding hydrogens is 292 g/mol. The van der Waals surface area contributed by atoms with Gasteiger partial charge < -0.3 is 10.1 Å². The molecule has 1 aromatic heterocycles. The number of H-pyrrole nitrogens is 1. The second-order valence-corrected chi connectivity index (χ2v) is 4.57. The molecule has 112 valence electrons. The molecule has 3 aromatic rings. The lowest BCUT2D eigenvalue weighted by Gasteiger charge is -2.10. The van der Waals surface area contributed by atoms with Gasteiger partial charge in [0.25, 0.3) is 5.91 Å². The number of anilines is 1. The van der Waals surface area contributed by atoms with Crippen LogP contribution in [0.2, 0.25) is 0 Å². The van der Waals surface area contributed by atoms with Crippen LogP contribution in [-0.4, -0.2) is 23.2 Å². The van der Waals surface area contributed by atoms with Gasteiger partial charge in [-0.1, -0.05) is 0 Å². The van der Waals surface area contributed by atoms with E-state index in [0.29, 0.717) is 23.0 Å². The van der Waals surface area contributed by atoms with Gasteiger partial charge in [-0.25, -0.2) is 8.78 Å². The monoisotopic (exact) mass is 303 g/mol. The molecule has 1 amide bonds. The van der Waals surface area contributed by atoms with E-state index in [1.54, 1.807) is 18.3 Å². The second kappa shape index (κ2) is 5.44. The largest absolute Gasteiger partial charge is 0.494 e. The van der Waals surface area contributed by atoms with Crippen LogP contribution in [-0.2, 0) is 0 Å². The van der Waals surface area contributed by atoms with E-state index < -0.39 is 17.5 Å². The Kier molecular flexibility index (Phi) is 3.46. The third kappa shape index (κ3) is 2.48. The van der Waals surface area contributed by atoms with E-state index in [2.05, 4.69) is 15.5 Å². The van der Waals surface area contributed by atoms with Crippen molar-refractivity contribution in [2.75, 3.05) is 12.4 Å². The lowest BCUT2D eigenvalue weighted by atomic mass is 10.1. The quantitative estimate of drug-likeness (QED) is 0.781. The second-order valence-electron chi connectivity index (χ2n) is 4.57. The van der Waals surface area contributed by atoms with Crippen molar-refractivity contribution in [3.8, 4) is 5.75 Å². The Labute approximate surface area is 123 Å². The van der Waals surface area contributed by atoms with Gasteiger partial charge in [-0.2, -0.15) is 5.10 Å². The normalized spacial score (nSPS) is 10.7. The number of amides is 1. The molecule has 0 unspecified atom stereocenters. The Morgan fingerprint density at radius 2 is 2.09 bits per heavy atom. The molecule has 0 atom stereocenters. The van der Waals surface area contributed by atoms with E-state index in [4.69, 9.17) is 4.74 Å². The maximum atomic E-state index is 13.6. The van der Waals surface area contributed by atoms with Crippen molar-refractivity contribution in [2.45, 2.75) is 0 Å². The van der Waals surface area contributed by atoms with Gasteiger partial charge in [-0.3, -0.25) is 9.89 Å². The fourth-order valence-corrected chi connectivity index (χ4v) is 2.10. The third-order valence-electron chi connectivity index (χ3n) is 3.18. The van der Waals surface area contributed by atoms with E-state index >= 15 is 0 Å². The van der Waals surface area contributed by atoms with Crippen LogP contribution in [0.4, 0.5) is 14.5 Å². The van der Waals surface area contributed by atoms with Crippen molar-refractivity contribution in [3.05, 3.63) is 53.7 Å². The Balaban J connectivity index is 1.96. The first-order valence-electron chi connectivity index (χ1n) is 6.36. The van der Waals surface area contributed by atoms with Gasteiger partial charge in [0.05, 0.1) is 23.9 Å². The van der Waals surface area contributed by atoms with Crippen LogP contribution < -0.4 is 10.1 Å². The maximum absolute atomic E-state index is 13.6. The Morgan fingerprint density at radius 1 is 1.27 bits per heavy atom. The van der Waals surface area contributed by atoms with Crippen molar-refractivity contribution in [3.63, 3.8) is 0 Å². The van der Waals surface area contributed by atoms with Gasteiger partial charge in [0, 0.05) is 23.7 Å². The average Bonchev–Trinajstić information content (AvgIpc) is 2.93. The fraction of sp³-hybridized carbons (Fsp3) is 0.0667. The summed E-state index contributed by atoms with van der Waals surface area (Å²) in [5.41, 5.74) is 0.781. The number of fused-ring (bicyclic) bond motifs is 1. The van der Waals surface area contributed by atoms with Crippen molar-refractivity contribution in [2.24, 2.45) is 0 Å². The number of nitrogens with one attached hydrogen (secondary N) is 2. The smallest absolute Gasteiger partial charge is 0.258 e. The zero-order valence-electron chi connectivity index (χ0n) is 11.5. The molecule has 0 bridgehead atoms. The van der Waals surface area contributed by atoms with Gasteiger partial charge in [0.1, 0.15) is 17.4 Å². The minimum absolute atomic E-state index is 0.254. The number of rotatable bonds is 3. The highest BCUT2D eigenvalue weighted by Crippen LogP contribution is 2.29. The zero-order chi connectivity index (χ0) is 15.7. The predicted octanol–water partition coefficient (Wildman–Crippen LogP) is 3.10. The van der Waals surface area contributed by atoms with Crippen molar-refractivity contribution >= 4 is 22.5 Å². The Hall–Kier alpha value is -2.96. The Morgan fingerprint density at radius 3 is 2.82 bits per heavy atom. The number of methoxy groups -OCH3 is 1. The molecule has 0 aliphatic rings. The molecule has 0 saturated carbocycles. The van der Waals surface area contributed by atoms with Crippen LogP contribution in [0, 0.1) is 11.6 Å². The van der Waals surface area contributed by atoms with Gasteiger partial charge in [-0.05, 0) is 18.2 Å². The van der Waals surface area contributed by atoms with Gasteiger partial charge in [0.15, 0.2) is 0 Å². The van der Waals surface area contributed by atoms with E-state index in [1.807, 2.05) is 0 Å². The number of hydrogen-bond acceptors (Lipinski definition) is 3. The first kappa shape index (κ1) is 14.0. The molecule has 22 heavy (non-hydrogen) atoms. The van der Waals surface area contributed by atoms with Crippen LogP contribution in [0.3, 0.4) is 0 Å². The first-order chi connectivity index (χ1) is 10.6. The number of aromatic amines is 1. The van der Waals surface area contributed by atoms with Crippen LogP contribution in [0.15, 0.2) is 36.5 Å². The summed E-state index contributed by atoms with van der Waals surface area (Å²) in [6, 6.07) is 6.06. The van der Waals surface area contributed by atoms with Crippen molar-refractivity contribution in [1.82, 2.24) is 10.2 Å². The molecule has 5 nitrogen and oxygen atoms in total. The standard InChI is InChI=1S/C15H11F2N3O2/c1-22-14-6-12-8(7-18-20-12)4-13(14)19-15(21)10-3-2-9(16)5-11(10)17/h2-7H,1H3,(H,18,20)(H,19,21). The van der Waals surface area contributed by atoms with E-state index in [-0.39, 0.29) is 5.56 Å². The number of carbonyl (C=O) groups excluding carboxylic acids is 1. The molecular formula is C15H11F2N3O2. The molecule has 0 fully saturated rings. The summed E-state index contributed by atoms with van der Waals surface area (Å²) in [5, 5.41) is 10.0. The molecule has 0 aliphatic heterocycles. The molecule has 0 saturated heterocycles. The summed E-state index contributed by atoms with van der Waals surface area (Å²) in [6.07, 6.45) is 1.66. The highest BCUT2D eigenvalue weighted by molar-refractivity contribution is 6.06. The van der Waals surface area contributed by atoms with Crippen LogP contribution >= 0.6 is 0 Å². The summed E-state index contributed by atoms with van der Waals surface area (Å²) in [5.74, 6) is -1.98. The molecule has 0 radical (unpaired) electrons. The van der Waals surface area contributed by atoms with Crippen LogP contribution in [0.25, 0.3) is 10.9 Å². The molecule has 0 spiro atoms. The van der Waals surface area contributed by atoms with Gasteiger partial charge >= 0.3 is 0 Å². The number of carbonyl (C=O) groups is 1. The van der Waals surface area contributed by atoms with Crippen LogP contribution in [0.1, 0.15) is 10.4 Å². The van der Waals surface area contributed by atoms with Crippen LogP contribution in [0.5, 0.6) is 5.75 Å². The maximum Gasteiger partial charge on any atom is 0.258 e. The number of halogens is 2. The highest BCUT2D eigenvalue weighted by Gasteiger charge is 2.15.